The largest absolute Gasteiger partial charge is 0.362 e. The molecule has 1 aromatic carbocycles. The van der Waals surface area contributed by atoms with Gasteiger partial charge in [0.25, 0.3) is 0 Å². The molecular weight excluding hydrogens is 212 g/mol. The number of ketones is 1. The fourth-order valence-electron chi connectivity index (χ4n) is 1.08. The van der Waals surface area contributed by atoms with Gasteiger partial charge in [0.05, 0.1) is 0 Å². The van der Waals surface area contributed by atoms with Crippen LogP contribution in [0.4, 0.5) is 0 Å². The average Bonchev–Trinajstić information content (AvgIpc) is 2.26. The number of Topliss-reactive ketones (excluding diaryl/α,β-unsaturated/α-hetero) is 1. The molecule has 0 aliphatic heterocycles. The molecule has 15 heavy (non-hydrogen) atoms. The van der Waals surface area contributed by atoms with Crippen LogP contribution >= 0.6 is 11.8 Å². The van der Waals surface area contributed by atoms with E-state index in [-0.39, 0.29) is 0 Å². The molecule has 0 heterocycles. The highest BCUT2D eigenvalue weighted by Crippen LogP contribution is 2.19. The molecule has 0 spiro atoms. The molecule has 0 fully saturated rings. The zero-order chi connectivity index (χ0) is 11.3. The maximum absolute atomic E-state index is 11.2. The van der Waals surface area contributed by atoms with Gasteiger partial charge in [0, 0.05) is 10.5 Å². The van der Waals surface area contributed by atoms with Crippen LogP contribution in [0.1, 0.15) is 23.7 Å². The molecular formula is C11H14O3S. The lowest BCUT2D eigenvalue weighted by atomic mass is 10.1. The second kappa shape index (κ2) is 5.90. The molecule has 0 bridgehead atoms. The molecule has 1 rings (SSSR count). The van der Waals surface area contributed by atoms with Crippen LogP contribution in [-0.2, 0) is 0 Å². The molecule has 0 amide bonds. The predicted molar refractivity (Wildman–Crippen MR) is 60.0 cm³/mol. The minimum Gasteiger partial charge on any atom is -0.362 e. The third-order valence-electron chi connectivity index (χ3n) is 1.85. The summed E-state index contributed by atoms with van der Waals surface area (Å²) in [4.78, 5) is 12.2. The van der Waals surface area contributed by atoms with Gasteiger partial charge in [-0.1, -0.05) is 19.1 Å². The number of benzene rings is 1. The van der Waals surface area contributed by atoms with Crippen molar-refractivity contribution in [3.63, 3.8) is 0 Å². The van der Waals surface area contributed by atoms with Gasteiger partial charge in [0.15, 0.2) is 0 Å². The quantitative estimate of drug-likeness (QED) is 0.455. The van der Waals surface area contributed by atoms with Crippen LogP contribution < -0.4 is 0 Å². The molecule has 0 aromatic heterocycles. The van der Waals surface area contributed by atoms with Crippen LogP contribution in [0.25, 0.3) is 0 Å². The molecule has 1 aromatic rings. The zero-order valence-electron chi connectivity index (χ0n) is 8.51. The Bertz CT molecular complexity index is 319. The van der Waals surface area contributed by atoms with Gasteiger partial charge in [-0.2, -0.15) is 0 Å². The summed E-state index contributed by atoms with van der Waals surface area (Å²) in [5, 5.41) is 17.4. The number of thioether (sulfide) groups is 1. The highest BCUT2D eigenvalue weighted by atomic mass is 32.2. The molecule has 82 valence electrons. The minimum atomic E-state index is -1.92. The van der Waals surface area contributed by atoms with Crippen LogP contribution in [0, 0.1) is 0 Å². The van der Waals surface area contributed by atoms with Gasteiger partial charge in [-0.15, -0.1) is 11.8 Å². The second-order valence-electron chi connectivity index (χ2n) is 3.11. The van der Waals surface area contributed by atoms with Crippen LogP contribution in [0.2, 0.25) is 0 Å². The molecule has 0 aliphatic carbocycles. The predicted octanol–water partition coefficient (Wildman–Crippen LogP) is 1.68. The number of rotatable bonds is 5. The Balaban J connectivity index is 2.68. The molecule has 3 nitrogen and oxygen atoms in total. The fraction of sp³-hybridized carbons (Fsp3) is 0.364. The van der Waals surface area contributed by atoms with Crippen LogP contribution in [-0.4, -0.2) is 28.0 Å². The van der Waals surface area contributed by atoms with Crippen molar-refractivity contribution in [2.75, 3.05) is 5.75 Å². The van der Waals surface area contributed by atoms with E-state index in [2.05, 4.69) is 6.92 Å². The van der Waals surface area contributed by atoms with Crippen LogP contribution in [0.3, 0.4) is 0 Å². The molecule has 0 radical (unpaired) electrons. The highest BCUT2D eigenvalue weighted by Gasteiger charge is 2.12. The Hall–Kier alpha value is -0.840. The summed E-state index contributed by atoms with van der Waals surface area (Å²) < 4.78 is 0. The van der Waals surface area contributed by atoms with Crippen molar-refractivity contribution in [1.82, 2.24) is 0 Å². The molecule has 2 N–H and O–H groups in total. The van der Waals surface area contributed by atoms with Gasteiger partial charge in [-0.25, -0.2) is 0 Å². The first-order chi connectivity index (χ1) is 7.15. The van der Waals surface area contributed by atoms with E-state index in [0.717, 1.165) is 17.1 Å². The first kappa shape index (κ1) is 12.2. The van der Waals surface area contributed by atoms with Crippen molar-refractivity contribution in [3.8, 4) is 0 Å². The maximum atomic E-state index is 11.2. The van der Waals surface area contributed by atoms with Crippen LogP contribution in [0.15, 0.2) is 29.2 Å². The third-order valence-corrected chi connectivity index (χ3v) is 3.06. The standard InChI is InChI=1S/C11H14O3S/c1-2-7-15-9-5-3-8(4-6-9)10(12)11(13)14/h3-6,11,13-14H,2,7H2,1H3. The summed E-state index contributed by atoms with van der Waals surface area (Å²) in [7, 11) is 0. The Morgan fingerprint density at radius 3 is 2.40 bits per heavy atom. The number of hydrogen-bond donors (Lipinski definition) is 2. The van der Waals surface area contributed by atoms with Gasteiger partial charge >= 0.3 is 0 Å². The summed E-state index contributed by atoms with van der Waals surface area (Å²) >= 11 is 1.71. The topological polar surface area (TPSA) is 57.5 Å². The number of aliphatic hydroxyl groups is 2. The summed E-state index contributed by atoms with van der Waals surface area (Å²) in [5.74, 6) is 0.373. The summed E-state index contributed by atoms with van der Waals surface area (Å²) in [6, 6.07) is 6.85. The van der Waals surface area contributed by atoms with Crippen molar-refractivity contribution in [3.05, 3.63) is 29.8 Å². The lowest BCUT2D eigenvalue weighted by molar-refractivity contribution is -0.0195. The summed E-state index contributed by atoms with van der Waals surface area (Å²) in [5.41, 5.74) is 0.325. The van der Waals surface area contributed by atoms with E-state index in [4.69, 9.17) is 10.2 Å². The zero-order valence-corrected chi connectivity index (χ0v) is 9.33. The number of hydrogen-bond acceptors (Lipinski definition) is 4. The van der Waals surface area contributed by atoms with Crippen molar-refractivity contribution in [1.29, 1.82) is 0 Å². The maximum Gasteiger partial charge on any atom is 0.218 e. The van der Waals surface area contributed by atoms with Gasteiger partial charge in [-0.3, -0.25) is 4.79 Å². The van der Waals surface area contributed by atoms with Crippen molar-refractivity contribution >= 4 is 17.5 Å². The van der Waals surface area contributed by atoms with E-state index in [9.17, 15) is 4.79 Å². The van der Waals surface area contributed by atoms with Gasteiger partial charge in [0.2, 0.25) is 12.1 Å². The lowest BCUT2D eigenvalue weighted by Gasteiger charge is -2.04. The summed E-state index contributed by atoms with van der Waals surface area (Å²) in [6.45, 7) is 2.10. The number of carbonyl (C=O) groups excluding carboxylic acids is 1. The average molecular weight is 226 g/mol. The van der Waals surface area contributed by atoms with E-state index in [1.54, 1.807) is 23.9 Å². The smallest absolute Gasteiger partial charge is 0.218 e. The van der Waals surface area contributed by atoms with E-state index in [0.29, 0.717) is 5.56 Å². The van der Waals surface area contributed by atoms with Crippen molar-refractivity contribution < 1.29 is 15.0 Å². The minimum absolute atomic E-state index is 0.325. The SMILES string of the molecule is CCCSc1ccc(C(=O)C(O)O)cc1. The molecule has 0 saturated carbocycles. The van der Waals surface area contributed by atoms with E-state index in [1.807, 2.05) is 12.1 Å². The van der Waals surface area contributed by atoms with Crippen molar-refractivity contribution in [2.45, 2.75) is 24.5 Å². The van der Waals surface area contributed by atoms with Crippen LogP contribution in [0.5, 0.6) is 0 Å². The third kappa shape index (κ3) is 3.66. The monoisotopic (exact) mass is 226 g/mol. The van der Waals surface area contributed by atoms with Crippen molar-refractivity contribution in [2.24, 2.45) is 0 Å². The van der Waals surface area contributed by atoms with Gasteiger partial charge in [0.1, 0.15) is 0 Å². The van der Waals surface area contributed by atoms with Gasteiger partial charge < -0.3 is 10.2 Å². The molecule has 0 unspecified atom stereocenters. The fourth-order valence-corrected chi connectivity index (χ4v) is 1.85. The number of aliphatic hydroxyl groups excluding tert-OH is 1. The molecule has 4 heteroatoms. The van der Waals surface area contributed by atoms with E-state index < -0.39 is 12.1 Å². The van der Waals surface area contributed by atoms with E-state index >= 15 is 0 Å². The second-order valence-corrected chi connectivity index (χ2v) is 4.28. The molecule has 0 saturated heterocycles. The Morgan fingerprint density at radius 1 is 1.33 bits per heavy atom. The Morgan fingerprint density at radius 2 is 1.93 bits per heavy atom. The first-order valence-corrected chi connectivity index (χ1v) is 5.77. The normalized spacial score (nSPS) is 10.7. The summed E-state index contributed by atoms with van der Waals surface area (Å²) in [6.07, 6.45) is -0.820. The number of carbonyl (C=O) groups is 1. The highest BCUT2D eigenvalue weighted by molar-refractivity contribution is 7.99. The molecule has 0 aliphatic rings. The first-order valence-electron chi connectivity index (χ1n) is 4.78. The lowest BCUT2D eigenvalue weighted by Crippen LogP contribution is -2.19. The van der Waals surface area contributed by atoms with E-state index in [1.165, 1.54) is 0 Å². The Labute approximate surface area is 93.1 Å². The van der Waals surface area contributed by atoms with Gasteiger partial charge in [-0.05, 0) is 24.3 Å². The Kier molecular flexibility index (Phi) is 4.81. The molecule has 0 atom stereocenters.